The number of allylic oxidation sites excluding steroid dienone is 1. The van der Waals surface area contributed by atoms with Crippen LogP contribution in [0, 0.1) is 17.8 Å². The Morgan fingerprint density at radius 2 is 2.18 bits per heavy atom. The molecule has 1 fully saturated rings. The molecule has 0 aromatic carbocycles. The first-order chi connectivity index (χ1) is 5.16. The molecule has 0 aromatic rings. The summed E-state index contributed by atoms with van der Waals surface area (Å²) in [6, 6.07) is 0. The van der Waals surface area contributed by atoms with Gasteiger partial charge in [0.05, 0.1) is 0 Å². The average molecular weight is 152 g/mol. The molecule has 0 radical (unpaired) electrons. The normalized spacial score (nSPS) is 31.8. The van der Waals surface area contributed by atoms with E-state index in [0.717, 1.165) is 17.8 Å². The van der Waals surface area contributed by atoms with Crippen molar-refractivity contribution in [2.75, 3.05) is 0 Å². The fraction of sp³-hybridized carbons (Fsp3) is 0.818. The summed E-state index contributed by atoms with van der Waals surface area (Å²) >= 11 is 0. The molecule has 0 heteroatoms. The van der Waals surface area contributed by atoms with Gasteiger partial charge in [0.2, 0.25) is 0 Å². The fourth-order valence-corrected chi connectivity index (χ4v) is 2.43. The second-order valence-corrected chi connectivity index (χ2v) is 4.12. The highest BCUT2D eigenvalue weighted by Crippen LogP contribution is 2.41. The molecule has 0 nitrogen and oxygen atoms in total. The second-order valence-electron chi connectivity index (χ2n) is 4.12. The molecule has 0 aliphatic heterocycles. The van der Waals surface area contributed by atoms with Crippen molar-refractivity contribution >= 4 is 0 Å². The van der Waals surface area contributed by atoms with Crippen molar-refractivity contribution in [2.24, 2.45) is 17.8 Å². The molecule has 0 saturated heterocycles. The molecule has 1 saturated carbocycles. The first-order valence-corrected chi connectivity index (χ1v) is 4.84. The summed E-state index contributed by atoms with van der Waals surface area (Å²) in [6.45, 7) is 11.1. The molecule has 0 spiro atoms. The highest BCUT2D eigenvalue weighted by Gasteiger charge is 2.30. The number of rotatable bonds is 2. The summed E-state index contributed by atoms with van der Waals surface area (Å²) in [5, 5.41) is 0. The highest BCUT2D eigenvalue weighted by atomic mass is 14.4. The molecule has 0 aromatic heterocycles. The van der Waals surface area contributed by atoms with Crippen LogP contribution in [0.15, 0.2) is 12.2 Å². The van der Waals surface area contributed by atoms with E-state index in [1.165, 1.54) is 24.8 Å². The molecule has 1 rings (SSSR count). The van der Waals surface area contributed by atoms with Crippen molar-refractivity contribution in [2.45, 2.75) is 40.0 Å². The van der Waals surface area contributed by atoms with Gasteiger partial charge in [-0.1, -0.05) is 32.9 Å². The maximum Gasteiger partial charge on any atom is -0.0178 e. The van der Waals surface area contributed by atoms with Gasteiger partial charge in [-0.15, -0.1) is 0 Å². The minimum Gasteiger partial charge on any atom is -0.0996 e. The zero-order chi connectivity index (χ0) is 8.43. The highest BCUT2D eigenvalue weighted by molar-refractivity contribution is 5.08. The van der Waals surface area contributed by atoms with Gasteiger partial charge in [-0.2, -0.15) is 0 Å². The van der Waals surface area contributed by atoms with Gasteiger partial charge in [0.1, 0.15) is 0 Å². The molecule has 1 aliphatic rings. The molecular weight excluding hydrogens is 132 g/mol. The lowest BCUT2D eigenvalue weighted by Gasteiger charge is -2.22. The topological polar surface area (TPSA) is 0 Å². The van der Waals surface area contributed by atoms with Gasteiger partial charge >= 0.3 is 0 Å². The van der Waals surface area contributed by atoms with E-state index in [2.05, 4.69) is 27.4 Å². The van der Waals surface area contributed by atoms with Gasteiger partial charge in [-0.25, -0.2) is 0 Å². The third-order valence-electron chi connectivity index (χ3n) is 3.14. The zero-order valence-corrected chi connectivity index (χ0v) is 8.06. The number of hydrogen-bond donors (Lipinski definition) is 0. The summed E-state index contributed by atoms with van der Waals surface area (Å²) in [4.78, 5) is 0. The van der Waals surface area contributed by atoms with Crippen molar-refractivity contribution in [1.29, 1.82) is 0 Å². The van der Waals surface area contributed by atoms with Crippen molar-refractivity contribution in [3.63, 3.8) is 0 Å². The summed E-state index contributed by atoms with van der Waals surface area (Å²) in [7, 11) is 0. The predicted octanol–water partition coefficient (Wildman–Crippen LogP) is 3.63. The van der Waals surface area contributed by atoms with Crippen molar-refractivity contribution < 1.29 is 0 Å². The molecule has 11 heavy (non-hydrogen) atoms. The lowest BCUT2D eigenvalue weighted by Crippen LogP contribution is -2.13. The van der Waals surface area contributed by atoms with Gasteiger partial charge in [0.15, 0.2) is 0 Å². The Morgan fingerprint density at radius 1 is 1.55 bits per heavy atom. The van der Waals surface area contributed by atoms with Crippen LogP contribution in [0.3, 0.4) is 0 Å². The molecule has 0 N–H and O–H groups in total. The Bertz CT molecular complexity index is 144. The largest absolute Gasteiger partial charge is 0.0996 e. The molecule has 2 unspecified atom stereocenters. The van der Waals surface area contributed by atoms with Crippen molar-refractivity contribution in [1.82, 2.24) is 0 Å². The van der Waals surface area contributed by atoms with Crippen LogP contribution >= 0.6 is 0 Å². The molecule has 0 amide bonds. The van der Waals surface area contributed by atoms with E-state index in [-0.39, 0.29) is 0 Å². The lowest BCUT2D eigenvalue weighted by atomic mass is 9.83. The summed E-state index contributed by atoms with van der Waals surface area (Å²) in [5.74, 6) is 2.60. The maximum atomic E-state index is 4.14. The molecule has 1 aliphatic carbocycles. The van der Waals surface area contributed by atoms with Gasteiger partial charge in [-0.05, 0) is 37.0 Å². The average Bonchev–Trinajstić information content (AvgIpc) is 2.30. The van der Waals surface area contributed by atoms with Crippen molar-refractivity contribution in [3.05, 3.63) is 12.2 Å². The first kappa shape index (κ1) is 8.83. The van der Waals surface area contributed by atoms with E-state index >= 15 is 0 Å². The molecule has 0 heterocycles. The van der Waals surface area contributed by atoms with Crippen LogP contribution in [0.2, 0.25) is 0 Å². The van der Waals surface area contributed by atoms with Crippen molar-refractivity contribution in [3.8, 4) is 0 Å². The number of hydrogen-bond acceptors (Lipinski definition) is 0. The molecule has 0 bridgehead atoms. The van der Waals surface area contributed by atoms with Crippen LogP contribution in [0.4, 0.5) is 0 Å². The van der Waals surface area contributed by atoms with Crippen LogP contribution in [-0.4, -0.2) is 0 Å². The zero-order valence-electron chi connectivity index (χ0n) is 8.06. The SMILES string of the molecule is C=C1CCC(C(C)C)C1CC. The van der Waals surface area contributed by atoms with Crippen LogP contribution in [0.5, 0.6) is 0 Å². The Morgan fingerprint density at radius 3 is 2.55 bits per heavy atom. The molecule has 2 atom stereocenters. The smallest absolute Gasteiger partial charge is 0.0178 e. The van der Waals surface area contributed by atoms with Gasteiger partial charge in [-0.3, -0.25) is 0 Å². The summed E-state index contributed by atoms with van der Waals surface area (Å²) < 4.78 is 0. The fourth-order valence-electron chi connectivity index (χ4n) is 2.43. The monoisotopic (exact) mass is 152 g/mol. The van der Waals surface area contributed by atoms with E-state index < -0.39 is 0 Å². The first-order valence-electron chi connectivity index (χ1n) is 4.84. The van der Waals surface area contributed by atoms with Crippen LogP contribution in [0.25, 0.3) is 0 Å². The van der Waals surface area contributed by atoms with Gasteiger partial charge in [0, 0.05) is 0 Å². The Balaban J connectivity index is 2.61. The third kappa shape index (κ3) is 1.66. The maximum absolute atomic E-state index is 4.14. The summed E-state index contributed by atoms with van der Waals surface area (Å²) in [6.07, 6.45) is 3.96. The minimum atomic E-state index is 0.829. The van der Waals surface area contributed by atoms with E-state index in [4.69, 9.17) is 0 Å². The summed E-state index contributed by atoms with van der Waals surface area (Å²) in [5.41, 5.74) is 1.51. The molecule has 64 valence electrons. The van der Waals surface area contributed by atoms with Gasteiger partial charge in [0.25, 0.3) is 0 Å². The standard InChI is InChI=1S/C11H20/c1-5-10-9(4)6-7-11(10)8(2)3/h8,10-11H,4-7H2,1-3H3. The third-order valence-corrected chi connectivity index (χ3v) is 3.14. The van der Waals surface area contributed by atoms with Crippen LogP contribution in [-0.2, 0) is 0 Å². The Kier molecular flexibility index (Phi) is 2.75. The van der Waals surface area contributed by atoms with E-state index in [0.29, 0.717) is 0 Å². The molecular formula is C11H20. The van der Waals surface area contributed by atoms with Crippen LogP contribution in [0.1, 0.15) is 40.0 Å². The Hall–Kier alpha value is -0.260. The van der Waals surface area contributed by atoms with Crippen LogP contribution < -0.4 is 0 Å². The minimum absolute atomic E-state index is 0.829. The predicted molar refractivity (Wildman–Crippen MR) is 50.5 cm³/mol. The lowest BCUT2D eigenvalue weighted by molar-refractivity contribution is 0.309. The van der Waals surface area contributed by atoms with Gasteiger partial charge < -0.3 is 0 Å². The van der Waals surface area contributed by atoms with E-state index in [1.54, 1.807) is 0 Å². The van der Waals surface area contributed by atoms with E-state index in [9.17, 15) is 0 Å². The second kappa shape index (κ2) is 3.42. The van der Waals surface area contributed by atoms with E-state index in [1.807, 2.05) is 0 Å². The quantitative estimate of drug-likeness (QED) is 0.530. The Labute approximate surface area is 70.7 Å².